The Bertz CT molecular complexity index is 1120. The summed E-state index contributed by atoms with van der Waals surface area (Å²) in [6, 6.07) is 14.7. The highest BCUT2D eigenvalue weighted by Crippen LogP contribution is 2.25. The Balaban J connectivity index is 1.44. The van der Waals surface area contributed by atoms with E-state index in [2.05, 4.69) is 15.1 Å². The number of amides is 1. The van der Waals surface area contributed by atoms with Crippen molar-refractivity contribution in [1.82, 2.24) is 20.0 Å². The summed E-state index contributed by atoms with van der Waals surface area (Å²) in [5.41, 5.74) is 1.04. The normalized spacial score (nSPS) is 11.9. The number of aromatic nitrogens is 3. The van der Waals surface area contributed by atoms with E-state index in [1.165, 1.54) is 0 Å². The quantitative estimate of drug-likeness (QED) is 0.496. The van der Waals surface area contributed by atoms with Gasteiger partial charge in [0.2, 0.25) is 0 Å². The van der Waals surface area contributed by atoms with Crippen LogP contribution in [-0.4, -0.2) is 33.0 Å². The molecule has 0 fully saturated rings. The molecule has 1 amide bonds. The lowest BCUT2D eigenvalue weighted by molar-refractivity contribution is 0.0729. The molecule has 0 aliphatic rings. The second-order valence-corrected chi connectivity index (χ2v) is 6.67. The van der Waals surface area contributed by atoms with E-state index in [9.17, 15) is 4.79 Å². The molecule has 3 aromatic heterocycles. The number of hydrogen-bond donors (Lipinski definition) is 0. The molecule has 0 saturated carbocycles. The number of rotatable bonds is 6. The van der Waals surface area contributed by atoms with E-state index in [1.807, 2.05) is 49.4 Å². The summed E-state index contributed by atoms with van der Waals surface area (Å²) in [7, 11) is 1.72. The van der Waals surface area contributed by atoms with Crippen LogP contribution in [0.25, 0.3) is 10.8 Å². The average Bonchev–Trinajstić information content (AvgIpc) is 3.25. The van der Waals surface area contributed by atoms with Gasteiger partial charge in [-0.25, -0.2) is 0 Å². The fourth-order valence-electron chi connectivity index (χ4n) is 3.03. The lowest BCUT2D eigenvalue weighted by Crippen LogP contribution is -2.30. The molecule has 7 nitrogen and oxygen atoms in total. The van der Waals surface area contributed by atoms with Gasteiger partial charge in [-0.1, -0.05) is 23.4 Å². The standard InChI is InChI=1S/C22H20N4O3/c1-15(19-7-3-4-10-24-19)26(2)22(27)20-12-17(29-25-20)14-28-21-8-5-6-16-13-23-11-9-18(16)21/h3-13,15H,14H2,1-2H3/t15-/m0/s1. The van der Waals surface area contributed by atoms with Gasteiger partial charge in [-0.3, -0.25) is 14.8 Å². The van der Waals surface area contributed by atoms with Gasteiger partial charge in [0.15, 0.2) is 11.5 Å². The van der Waals surface area contributed by atoms with Crippen molar-refractivity contribution in [3.05, 3.63) is 84.3 Å². The van der Waals surface area contributed by atoms with Crippen molar-refractivity contribution in [3.8, 4) is 5.75 Å². The van der Waals surface area contributed by atoms with Gasteiger partial charge in [-0.2, -0.15) is 0 Å². The first-order chi connectivity index (χ1) is 14.1. The minimum Gasteiger partial charge on any atom is -0.485 e. The van der Waals surface area contributed by atoms with Crippen molar-refractivity contribution >= 4 is 16.7 Å². The van der Waals surface area contributed by atoms with Crippen LogP contribution in [0.1, 0.15) is 34.9 Å². The second kappa shape index (κ2) is 8.10. The summed E-state index contributed by atoms with van der Waals surface area (Å²) in [4.78, 5) is 22.8. The van der Waals surface area contributed by atoms with E-state index >= 15 is 0 Å². The molecule has 0 N–H and O–H groups in total. The molecule has 0 unspecified atom stereocenters. The predicted molar refractivity (Wildman–Crippen MR) is 107 cm³/mol. The first kappa shape index (κ1) is 18.6. The number of benzene rings is 1. The number of carbonyl (C=O) groups is 1. The molecule has 4 aromatic rings. The van der Waals surface area contributed by atoms with E-state index in [0.29, 0.717) is 5.76 Å². The zero-order valence-corrected chi connectivity index (χ0v) is 16.1. The van der Waals surface area contributed by atoms with Gasteiger partial charge in [0.25, 0.3) is 5.91 Å². The molecule has 0 saturated heterocycles. The molecule has 1 aromatic carbocycles. The van der Waals surface area contributed by atoms with Crippen molar-refractivity contribution in [2.75, 3.05) is 7.05 Å². The fraction of sp³-hybridized carbons (Fsp3) is 0.182. The molecule has 1 atom stereocenters. The Morgan fingerprint density at radius 1 is 1.17 bits per heavy atom. The molecule has 0 aliphatic carbocycles. The van der Waals surface area contributed by atoms with Gasteiger partial charge in [-0.05, 0) is 31.2 Å². The smallest absolute Gasteiger partial charge is 0.276 e. The first-order valence-electron chi connectivity index (χ1n) is 9.22. The van der Waals surface area contributed by atoms with Crippen LogP contribution >= 0.6 is 0 Å². The van der Waals surface area contributed by atoms with Crippen LogP contribution in [0, 0.1) is 0 Å². The van der Waals surface area contributed by atoms with Crippen molar-refractivity contribution in [2.24, 2.45) is 0 Å². The molecule has 3 heterocycles. The second-order valence-electron chi connectivity index (χ2n) is 6.67. The van der Waals surface area contributed by atoms with E-state index < -0.39 is 0 Å². The Hall–Kier alpha value is -3.74. The highest BCUT2D eigenvalue weighted by Gasteiger charge is 2.23. The summed E-state index contributed by atoms with van der Waals surface area (Å²) in [6.45, 7) is 2.08. The monoisotopic (exact) mass is 388 g/mol. The van der Waals surface area contributed by atoms with Crippen molar-refractivity contribution < 1.29 is 14.1 Å². The third-order valence-electron chi connectivity index (χ3n) is 4.81. The summed E-state index contributed by atoms with van der Waals surface area (Å²) >= 11 is 0. The molecular weight excluding hydrogens is 368 g/mol. The van der Waals surface area contributed by atoms with Crippen molar-refractivity contribution in [2.45, 2.75) is 19.6 Å². The highest BCUT2D eigenvalue weighted by molar-refractivity contribution is 5.92. The number of hydrogen-bond acceptors (Lipinski definition) is 6. The zero-order chi connectivity index (χ0) is 20.2. The summed E-state index contributed by atoms with van der Waals surface area (Å²) in [6.07, 6.45) is 5.21. The number of nitrogens with zero attached hydrogens (tertiary/aromatic N) is 4. The first-order valence-corrected chi connectivity index (χ1v) is 9.22. The van der Waals surface area contributed by atoms with Gasteiger partial charge >= 0.3 is 0 Å². The number of fused-ring (bicyclic) bond motifs is 1. The number of ether oxygens (including phenoxy) is 1. The Labute approximate surface area is 167 Å². The van der Waals surface area contributed by atoms with Gasteiger partial charge in [0.05, 0.1) is 11.7 Å². The maximum Gasteiger partial charge on any atom is 0.276 e. The summed E-state index contributed by atoms with van der Waals surface area (Å²) < 4.78 is 11.2. The van der Waals surface area contributed by atoms with Gasteiger partial charge in [0, 0.05) is 42.5 Å². The van der Waals surface area contributed by atoms with E-state index in [0.717, 1.165) is 22.2 Å². The largest absolute Gasteiger partial charge is 0.485 e. The predicted octanol–water partition coefficient (Wildman–Crippen LogP) is 4.03. The summed E-state index contributed by atoms with van der Waals surface area (Å²) in [5, 5.41) is 5.86. The number of carbonyl (C=O) groups excluding carboxylic acids is 1. The fourth-order valence-corrected chi connectivity index (χ4v) is 3.03. The molecule has 7 heteroatoms. The topological polar surface area (TPSA) is 81.4 Å². The minimum atomic E-state index is -0.241. The molecule has 146 valence electrons. The third kappa shape index (κ3) is 3.94. The molecule has 0 bridgehead atoms. The Morgan fingerprint density at radius 3 is 2.90 bits per heavy atom. The third-order valence-corrected chi connectivity index (χ3v) is 4.81. The summed E-state index contributed by atoms with van der Waals surface area (Å²) in [5.74, 6) is 0.947. The van der Waals surface area contributed by atoms with Crippen molar-refractivity contribution in [3.63, 3.8) is 0 Å². The van der Waals surface area contributed by atoms with Crippen LogP contribution in [-0.2, 0) is 6.61 Å². The molecule has 0 radical (unpaired) electrons. The molecule has 29 heavy (non-hydrogen) atoms. The Morgan fingerprint density at radius 2 is 2.07 bits per heavy atom. The number of pyridine rings is 2. The van der Waals surface area contributed by atoms with Crippen LogP contribution < -0.4 is 4.74 Å². The molecule has 0 aliphatic heterocycles. The lowest BCUT2D eigenvalue weighted by atomic mass is 10.1. The van der Waals surface area contributed by atoms with Crippen LogP contribution in [0.4, 0.5) is 0 Å². The minimum absolute atomic E-state index is 0.168. The van der Waals surface area contributed by atoms with Crippen LogP contribution in [0.3, 0.4) is 0 Å². The van der Waals surface area contributed by atoms with E-state index in [-0.39, 0.29) is 24.2 Å². The van der Waals surface area contributed by atoms with E-state index in [1.54, 1.807) is 36.6 Å². The van der Waals surface area contributed by atoms with Crippen LogP contribution in [0.15, 0.2) is 71.6 Å². The Kier molecular flexibility index (Phi) is 5.20. The molecule has 0 spiro atoms. The van der Waals surface area contributed by atoms with Crippen LogP contribution in [0.2, 0.25) is 0 Å². The molecule has 4 rings (SSSR count). The maximum absolute atomic E-state index is 12.7. The van der Waals surface area contributed by atoms with Crippen molar-refractivity contribution in [1.29, 1.82) is 0 Å². The SMILES string of the molecule is C[C@@H](c1ccccn1)N(C)C(=O)c1cc(COc2cccc3cnccc23)on1. The maximum atomic E-state index is 12.7. The zero-order valence-electron chi connectivity index (χ0n) is 16.1. The van der Waals surface area contributed by atoms with E-state index in [4.69, 9.17) is 9.26 Å². The average molecular weight is 388 g/mol. The van der Waals surface area contributed by atoms with Gasteiger partial charge < -0.3 is 14.2 Å². The van der Waals surface area contributed by atoms with Gasteiger partial charge in [0.1, 0.15) is 12.4 Å². The lowest BCUT2D eigenvalue weighted by Gasteiger charge is -2.23. The van der Waals surface area contributed by atoms with Gasteiger partial charge in [-0.15, -0.1) is 0 Å². The highest BCUT2D eigenvalue weighted by atomic mass is 16.5. The van der Waals surface area contributed by atoms with Crippen LogP contribution in [0.5, 0.6) is 5.75 Å². The molecular formula is C22H20N4O3.